The number of halogens is 1. The lowest BCUT2D eigenvalue weighted by Crippen LogP contribution is -2.72. The van der Waals surface area contributed by atoms with Gasteiger partial charge < -0.3 is 24.1 Å². The van der Waals surface area contributed by atoms with Crippen LogP contribution >= 0.6 is 0 Å². The van der Waals surface area contributed by atoms with Gasteiger partial charge in [0, 0.05) is 36.6 Å². The summed E-state index contributed by atoms with van der Waals surface area (Å²) in [4.78, 5) is 26.4. The van der Waals surface area contributed by atoms with Crippen molar-refractivity contribution in [3.63, 3.8) is 0 Å². The van der Waals surface area contributed by atoms with Gasteiger partial charge in [-0.25, -0.2) is 13.7 Å². The predicted octanol–water partition coefficient (Wildman–Crippen LogP) is 4.16. The third-order valence-corrected chi connectivity index (χ3v) is 7.29. The number of quaternary nitrogens is 1. The maximum absolute atomic E-state index is 13.9. The molecule has 3 aromatic rings. The molecule has 1 saturated heterocycles. The lowest BCUT2D eigenvalue weighted by atomic mass is 9.93. The highest BCUT2D eigenvalue weighted by Crippen LogP contribution is 2.52. The molecule has 0 radical (unpaired) electrons. The van der Waals surface area contributed by atoms with Gasteiger partial charge in [0.2, 0.25) is 5.54 Å². The van der Waals surface area contributed by atoms with Gasteiger partial charge in [-0.2, -0.15) is 0 Å². The molecule has 194 valence electrons. The molecule has 1 heterocycles. The van der Waals surface area contributed by atoms with E-state index in [1.54, 1.807) is 42.5 Å². The first-order chi connectivity index (χ1) is 17.9. The van der Waals surface area contributed by atoms with Crippen LogP contribution < -0.4 is 9.84 Å². The van der Waals surface area contributed by atoms with Crippen molar-refractivity contribution < 1.29 is 37.8 Å². The van der Waals surface area contributed by atoms with Crippen LogP contribution in [0.1, 0.15) is 35.6 Å². The van der Waals surface area contributed by atoms with Crippen LogP contribution in [-0.4, -0.2) is 42.9 Å². The number of carbonyl (C=O) groups is 2. The van der Waals surface area contributed by atoms with Crippen molar-refractivity contribution in [1.29, 1.82) is 0 Å². The van der Waals surface area contributed by atoms with Crippen molar-refractivity contribution in [3.05, 3.63) is 101 Å². The molecule has 0 aromatic heterocycles. The third kappa shape index (κ3) is 4.82. The molecule has 7 nitrogen and oxygen atoms in total. The zero-order valence-electron chi connectivity index (χ0n) is 20.9. The fourth-order valence-electron chi connectivity index (χ4n) is 5.52. The predicted molar refractivity (Wildman–Crippen MR) is 132 cm³/mol. The summed E-state index contributed by atoms with van der Waals surface area (Å²) in [5.41, 5.74) is 0.386. The van der Waals surface area contributed by atoms with Crippen LogP contribution in [0.5, 0.6) is 5.75 Å². The molecule has 1 amide bonds. The molecule has 3 aromatic carbocycles. The highest BCUT2D eigenvalue weighted by molar-refractivity contribution is 5.82. The van der Waals surface area contributed by atoms with E-state index in [4.69, 9.17) is 14.2 Å². The van der Waals surface area contributed by atoms with Crippen LogP contribution in [0.3, 0.4) is 0 Å². The molecule has 3 atom stereocenters. The fourth-order valence-corrected chi connectivity index (χ4v) is 5.52. The smallest absolute Gasteiger partial charge is 0.370 e. The Hall–Kier alpha value is -3.75. The van der Waals surface area contributed by atoms with E-state index in [0.29, 0.717) is 23.3 Å². The van der Waals surface area contributed by atoms with Crippen LogP contribution in [0, 0.1) is 5.82 Å². The Balaban J connectivity index is 1.71. The number of methoxy groups -OCH3 is 2. The summed E-state index contributed by atoms with van der Waals surface area (Å²) < 4.78 is 29.6. The second kappa shape index (κ2) is 11.1. The largest absolute Gasteiger partial charge is 0.498 e. The highest BCUT2D eigenvalue weighted by atomic mass is 19.1. The SMILES string of the molecule is COC[C@@]1(C(=O)OC)CC[C@H](c2ccc(OCc3ccccc3F)cc2)[N+]1(Cc1ccccc1)C(=O)[O-]. The molecule has 1 aliphatic rings. The molecule has 1 fully saturated rings. The fraction of sp³-hybridized carbons (Fsp3) is 0.310. The molecule has 0 saturated carbocycles. The number of amides is 1. The summed E-state index contributed by atoms with van der Waals surface area (Å²) in [5.74, 6) is -0.489. The minimum Gasteiger partial charge on any atom is -0.498 e. The first-order valence-electron chi connectivity index (χ1n) is 12.0. The summed E-state index contributed by atoms with van der Waals surface area (Å²) >= 11 is 0. The number of hydrogen-bond donors (Lipinski definition) is 0. The van der Waals surface area contributed by atoms with Gasteiger partial charge in [-0.1, -0.05) is 48.5 Å². The van der Waals surface area contributed by atoms with E-state index in [9.17, 15) is 19.1 Å². The lowest BCUT2D eigenvalue weighted by molar-refractivity contribution is -0.942. The van der Waals surface area contributed by atoms with Crippen LogP contribution in [0.25, 0.3) is 0 Å². The molecule has 4 rings (SSSR count). The number of likely N-dealkylation sites (tertiary alicyclic amines) is 1. The number of hydrogen-bond acceptors (Lipinski definition) is 6. The van der Waals surface area contributed by atoms with Crippen molar-refractivity contribution in [2.24, 2.45) is 0 Å². The van der Waals surface area contributed by atoms with Gasteiger partial charge in [-0.15, -0.1) is 0 Å². The number of rotatable bonds is 9. The minimum atomic E-state index is -1.50. The average molecular weight is 508 g/mol. The number of carboxylic acid groups (broad SMARTS) is 1. The van der Waals surface area contributed by atoms with E-state index < -0.39 is 28.1 Å². The van der Waals surface area contributed by atoms with Gasteiger partial charge >= 0.3 is 5.97 Å². The molecule has 0 aliphatic carbocycles. The molecular formula is C29H30FNO6. The van der Waals surface area contributed by atoms with Gasteiger partial charge in [-0.05, 0) is 30.3 Å². The van der Waals surface area contributed by atoms with E-state index in [1.807, 2.05) is 30.3 Å². The molecule has 0 spiro atoms. The Morgan fingerprint density at radius 2 is 1.68 bits per heavy atom. The summed E-state index contributed by atoms with van der Waals surface area (Å²) in [6.07, 6.45) is -0.743. The number of ether oxygens (including phenoxy) is 3. The molecule has 0 bridgehead atoms. The number of esters is 1. The molecule has 37 heavy (non-hydrogen) atoms. The van der Waals surface area contributed by atoms with Crippen LogP contribution in [0.2, 0.25) is 0 Å². The van der Waals surface area contributed by atoms with Crippen molar-refractivity contribution in [2.45, 2.75) is 37.6 Å². The minimum absolute atomic E-state index is 0.0117. The van der Waals surface area contributed by atoms with Crippen molar-refractivity contribution >= 4 is 12.1 Å². The van der Waals surface area contributed by atoms with E-state index in [1.165, 1.54) is 20.3 Å². The van der Waals surface area contributed by atoms with Crippen molar-refractivity contribution in [1.82, 2.24) is 0 Å². The van der Waals surface area contributed by atoms with Crippen LogP contribution in [0.15, 0.2) is 78.9 Å². The zero-order valence-corrected chi connectivity index (χ0v) is 20.9. The molecule has 1 unspecified atom stereocenters. The maximum Gasteiger partial charge on any atom is 0.370 e. The van der Waals surface area contributed by atoms with Gasteiger partial charge in [0.05, 0.1) is 7.11 Å². The lowest BCUT2D eigenvalue weighted by Gasteiger charge is -2.49. The zero-order chi connectivity index (χ0) is 26.5. The number of carbonyl (C=O) groups excluding carboxylic acids is 2. The monoisotopic (exact) mass is 507 g/mol. The Labute approximate surface area is 215 Å². The Kier molecular flexibility index (Phi) is 7.90. The number of benzene rings is 3. The van der Waals surface area contributed by atoms with Crippen molar-refractivity contribution in [3.8, 4) is 5.75 Å². The first-order valence-corrected chi connectivity index (χ1v) is 12.0. The second-order valence-corrected chi connectivity index (χ2v) is 9.24. The van der Waals surface area contributed by atoms with Crippen LogP contribution in [-0.2, 0) is 27.4 Å². The first kappa shape index (κ1) is 26.3. The number of nitrogens with zero attached hydrogens (tertiary/aromatic N) is 1. The van der Waals surface area contributed by atoms with E-state index >= 15 is 0 Å². The van der Waals surface area contributed by atoms with Gasteiger partial charge in [0.1, 0.15) is 37.4 Å². The highest BCUT2D eigenvalue weighted by Gasteiger charge is 2.67. The topological polar surface area (TPSA) is 84.9 Å². The standard InChI is InChI=1S/C29H30FNO6/c1-35-20-29(27(32)36-2)17-16-26(31(29,28(33)34)18-21-8-4-3-5-9-21)22-12-14-24(15-13-22)37-19-23-10-6-7-11-25(23)30/h3-15,26H,16-20H2,1-2H3/t26-,29-,31?/m1/s1. The molecule has 8 heteroatoms. The Morgan fingerprint density at radius 3 is 2.30 bits per heavy atom. The summed E-state index contributed by atoms with van der Waals surface area (Å²) in [5, 5.41) is 13.1. The molecule has 1 aliphatic heterocycles. The van der Waals surface area contributed by atoms with E-state index in [-0.39, 0.29) is 32.0 Å². The maximum atomic E-state index is 13.9. The molecule has 0 N–H and O–H groups in total. The van der Waals surface area contributed by atoms with Gasteiger partial charge in [-0.3, -0.25) is 0 Å². The van der Waals surface area contributed by atoms with Crippen molar-refractivity contribution in [2.75, 3.05) is 20.8 Å². The Bertz CT molecular complexity index is 1230. The summed E-state index contributed by atoms with van der Waals surface area (Å²) in [6.45, 7) is -0.0690. The van der Waals surface area contributed by atoms with Gasteiger partial charge in [0.15, 0.2) is 0 Å². The second-order valence-electron chi connectivity index (χ2n) is 9.24. The van der Waals surface area contributed by atoms with Crippen LogP contribution in [0.4, 0.5) is 9.18 Å². The summed E-state index contributed by atoms with van der Waals surface area (Å²) in [7, 11) is 2.69. The molecular weight excluding hydrogens is 477 g/mol. The third-order valence-electron chi connectivity index (χ3n) is 7.29. The average Bonchev–Trinajstić information content (AvgIpc) is 3.24. The van der Waals surface area contributed by atoms with E-state index in [0.717, 1.165) is 5.56 Å². The van der Waals surface area contributed by atoms with E-state index in [2.05, 4.69) is 0 Å². The normalized spacial score (nSPS) is 22.9. The Morgan fingerprint density at radius 1 is 1.00 bits per heavy atom. The quantitative estimate of drug-likeness (QED) is 0.320. The van der Waals surface area contributed by atoms with Gasteiger partial charge in [0.25, 0.3) is 6.09 Å². The summed E-state index contributed by atoms with van der Waals surface area (Å²) in [6, 6.07) is 21.9.